The number of para-hydroxylation sites is 1. The lowest BCUT2D eigenvalue weighted by atomic mass is 9.86. The highest BCUT2D eigenvalue weighted by Crippen LogP contribution is 2.44. The van der Waals surface area contributed by atoms with E-state index >= 15 is 0 Å². The first-order valence-corrected chi connectivity index (χ1v) is 15.5. The van der Waals surface area contributed by atoms with E-state index in [9.17, 15) is 0 Å². The quantitative estimate of drug-likeness (QED) is 0.185. The van der Waals surface area contributed by atoms with Crippen molar-refractivity contribution in [3.05, 3.63) is 176 Å². The molecule has 0 aliphatic heterocycles. The third kappa shape index (κ3) is 4.02. The van der Waals surface area contributed by atoms with Crippen LogP contribution in [0.5, 0.6) is 0 Å². The van der Waals surface area contributed by atoms with Gasteiger partial charge >= 0.3 is 0 Å². The zero-order valence-corrected chi connectivity index (χ0v) is 24.7. The largest absolute Gasteiger partial charge is 0.309 e. The minimum Gasteiger partial charge on any atom is -0.309 e. The van der Waals surface area contributed by atoms with Crippen LogP contribution in [-0.4, -0.2) is 4.57 Å². The standard InChI is InChI=1S/C44H29N/c1-3-14-30(15-4-1)34-23-13-25-41-44(34)39-22-11-12-24-40(39)45(41)33-28-26-32(27-29-33)43-37-20-9-7-18-35(37)42(31-16-5-2-6-17-31)36-19-8-10-21-38(36)43/h1-29H. The third-order valence-corrected chi connectivity index (χ3v) is 9.19. The number of benzene rings is 8. The molecule has 0 bridgehead atoms. The molecular weight excluding hydrogens is 542 g/mol. The Morgan fingerprint density at radius 1 is 0.289 bits per heavy atom. The molecule has 0 fully saturated rings. The van der Waals surface area contributed by atoms with Crippen LogP contribution in [0.2, 0.25) is 0 Å². The van der Waals surface area contributed by atoms with Gasteiger partial charge in [0.1, 0.15) is 0 Å². The lowest BCUT2D eigenvalue weighted by Gasteiger charge is -2.18. The fourth-order valence-electron chi connectivity index (χ4n) is 7.29. The Hall–Kier alpha value is -5.92. The third-order valence-electron chi connectivity index (χ3n) is 9.19. The van der Waals surface area contributed by atoms with Gasteiger partial charge in [-0.25, -0.2) is 0 Å². The van der Waals surface area contributed by atoms with Crippen LogP contribution in [0, 0.1) is 0 Å². The van der Waals surface area contributed by atoms with Gasteiger partial charge in [-0.1, -0.05) is 152 Å². The second-order valence-corrected chi connectivity index (χ2v) is 11.7. The van der Waals surface area contributed by atoms with E-state index in [0.29, 0.717) is 0 Å². The van der Waals surface area contributed by atoms with Gasteiger partial charge in [-0.3, -0.25) is 0 Å². The lowest BCUT2D eigenvalue weighted by molar-refractivity contribution is 1.18. The molecule has 9 aromatic rings. The molecule has 0 N–H and O–H groups in total. The van der Waals surface area contributed by atoms with Gasteiger partial charge in [0, 0.05) is 16.5 Å². The first-order chi connectivity index (χ1) is 22.4. The number of hydrogen-bond acceptors (Lipinski definition) is 0. The number of fused-ring (bicyclic) bond motifs is 5. The fraction of sp³-hybridized carbons (Fsp3) is 0. The van der Waals surface area contributed by atoms with E-state index in [4.69, 9.17) is 0 Å². The van der Waals surface area contributed by atoms with Crippen molar-refractivity contribution in [2.75, 3.05) is 0 Å². The van der Waals surface area contributed by atoms with Crippen LogP contribution < -0.4 is 0 Å². The molecule has 0 radical (unpaired) electrons. The van der Waals surface area contributed by atoms with Gasteiger partial charge < -0.3 is 4.57 Å². The minimum absolute atomic E-state index is 1.16. The average Bonchev–Trinajstić information content (AvgIpc) is 3.46. The van der Waals surface area contributed by atoms with Crippen molar-refractivity contribution in [1.29, 1.82) is 0 Å². The van der Waals surface area contributed by atoms with E-state index in [0.717, 1.165) is 5.69 Å². The Kier molecular flexibility index (Phi) is 5.89. The highest BCUT2D eigenvalue weighted by Gasteiger charge is 2.18. The molecule has 0 atom stereocenters. The van der Waals surface area contributed by atoms with Crippen LogP contribution in [0.25, 0.3) is 82.4 Å². The van der Waals surface area contributed by atoms with Crippen LogP contribution in [0.1, 0.15) is 0 Å². The summed E-state index contributed by atoms with van der Waals surface area (Å²) in [7, 11) is 0. The summed E-state index contributed by atoms with van der Waals surface area (Å²) in [6, 6.07) is 63.8. The zero-order valence-electron chi connectivity index (χ0n) is 24.7. The summed E-state index contributed by atoms with van der Waals surface area (Å²) in [6.07, 6.45) is 0. The predicted molar refractivity (Wildman–Crippen MR) is 192 cm³/mol. The van der Waals surface area contributed by atoms with Crippen LogP contribution >= 0.6 is 0 Å². The Balaban J connectivity index is 1.27. The molecule has 45 heavy (non-hydrogen) atoms. The maximum absolute atomic E-state index is 2.41. The van der Waals surface area contributed by atoms with Crippen molar-refractivity contribution in [1.82, 2.24) is 4.57 Å². The molecule has 0 saturated heterocycles. The molecule has 0 aliphatic rings. The number of nitrogens with zero attached hydrogens (tertiary/aromatic N) is 1. The van der Waals surface area contributed by atoms with Crippen LogP contribution in [0.3, 0.4) is 0 Å². The van der Waals surface area contributed by atoms with Crippen LogP contribution in [0.4, 0.5) is 0 Å². The summed E-state index contributed by atoms with van der Waals surface area (Å²) < 4.78 is 2.41. The van der Waals surface area contributed by atoms with Crippen LogP contribution in [-0.2, 0) is 0 Å². The number of hydrogen-bond donors (Lipinski definition) is 0. The summed E-state index contributed by atoms with van der Waals surface area (Å²) >= 11 is 0. The molecule has 1 nitrogen and oxygen atoms in total. The fourth-order valence-corrected chi connectivity index (χ4v) is 7.29. The molecule has 210 valence electrons. The second kappa shape index (κ2) is 10.4. The highest BCUT2D eigenvalue weighted by molar-refractivity contribution is 6.21. The summed E-state index contributed by atoms with van der Waals surface area (Å²) in [5, 5.41) is 7.65. The van der Waals surface area contributed by atoms with Gasteiger partial charge in [-0.2, -0.15) is 0 Å². The van der Waals surface area contributed by atoms with E-state index in [2.05, 4.69) is 180 Å². The zero-order chi connectivity index (χ0) is 29.7. The lowest BCUT2D eigenvalue weighted by Crippen LogP contribution is -1.94. The maximum Gasteiger partial charge on any atom is 0.0547 e. The molecule has 8 aromatic carbocycles. The van der Waals surface area contributed by atoms with Gasteiger partial charge in [0.05, 0.1) is 11.0 Å². The summed E-state index contributed by atoms with van der Waals surface area (Å²) in [6.45, 7) is 0. The summed E-state index contributed by atoms with van der Waals surface area (Å²) in [4.78, 5) is 0. The number of rotatable bonds is 4. The van der Waals surface area contributed by atoms with Gasteiger partial charge in [-0.15, -0.1) is 0 Å². The Labute approximate surface area is 262 Å². The summed E-state index contributed by atoms with van der Waals surface area (Å²) in [5.74, 6) is 0. The van der Waals surface area contributed by atoms with Crippen molar-refractivity contribution in [3.8, 4) is 39.1 Å². The summed E-state index contributed by atoms with van der Waals surface area (Å²) in [5.41, 5.74) is 11.1. The van der Waals surface area contributed by atoms with Gasteiger partial charge in [-0.05, 0) is 79.2 Å². The van der Waals surface area contributed by atoms with Crippen LogP contribution in [0.15, 0.2) is 176 Å². The topological polar surface area (TPSA) is 4.93 Å². The Morgan fingerprint density at radius 3 is 1.31 bits per heavy atom. The van der Waals surface area contributed by atoms with Crippen molar-refractivity contribution in [2.45, 2.75) is 0 Å². The second-order valence-electron chi connectivity index (χ2n) is 11.7. The van der Waals surface area contributed by atoms with Gasteiger partial charge in [0.15, 0.2) is 0 Å². The monoisotopic (exact) mass is 571 g/mol. The maximum atomic E-state index is 2.41. The van der Waals surface area contributed by atoms with E-state index in [1.165, 1.54) is 76.7 Å². The number of aromatic nitrogens is 1. The molecule has 1 heterocycles. The van der Waals surface area contributed by atoms with Crippen molar-refractivity contribution < 1.29 is 0 Å². The molecule has 1 aromatic heterocycles. The van der Waals surface area contributed by atoms with Crippen molar-refractivity contribution in [3.63, 3.8) is 0 Å². The van der Waals surface area contributed by atoms with Gasteiger partial charge in [0.25, 0.3) is 0 Å². The van der Waals surface area contributed by atoms with Gasteiger partial charge in [0.2, 0.25) is 0 Å². The predicted octanol–water partition coefficient (Wildman–Crippen LogP) is 12.1. The smallest absolute Gasteiger partial charge is 0.0547 e. The van der Waals surface area contributed by atoms with Crippen molar-refractivity contribution >= 4 is 43.4 Å². The molecule has 0 saturated carbocycles. The molecule has 0 spiro atoms. The molecule has 0 unspecified atom stereocenters. The molecule has 1 heteroatoms. The molecule has 9 rings (SSSR count). The van der Waals surface area contributed by atoms with E-state index in [-0.39, 0.29) is 0 Å². The van der Waals surface area contributed by atoms with E-state index < -0.39 is 0 Å². The van der Waals surface area contributed by atoms with Crippen molar-refractivity contribution in [2.24, 2.45) is 0 Å². The Morgan fingerprint density at radius 2 is 0.733 bits per heavy atom. The molecule has 0 aliphatic carbocycles. The SMILES string of the molecule is c1ccc(-c2c3ccccc3c(-c3ccc(-n4c5ccccc5c5c(-c6ccccc6)cccc54)cc3)c3ccccc23)cc1. The first kappa shape index (κ1) is 25.6. The van der Waals surface area contributed by atoms with E-state index in [1.807, 2.05) is 0 Å². The molecular formula is C44H29N. The van der Waals surface area contributed by atoms with E-state index in [1.54, 1.807) is 0 Å². The molecule has 0 amide bonds. The normalized spacial score (nSPS) is 11.6. The minimum atomic E-state index is 1.16. The highest BCUT2D eigenvalue weighted by atomic mass is 15.0. The average molecular weight is 572 g/mol. The first-order valence-electron chi connectivity index (χ1n) is 15.5. The Bertz CT molecular complexity index is 2450.